The molecule has 1 atom stereocenters. The molecule has 20 heavy (non-hydrogen) atoms. The number of halogens is 1. The number of ketones is 1. The minimum absolute atomic E-state index is 0.285. The van der Waals surface area contributed by atoms with Gasteiger partial charge in [0.25, 0.3) is 0 Å². The monoisotopic (exact) mass is 338 g/mol. The summed E-state index contributed by atoms with van der Waals surface area (Å²) in [5.74, 6) is 1.80. The zero-order valence-corrected chi connectivity index (χ0v) is 14.1. The maximum absolute atomic E-state index is 11.7. The Kier molecular flexibility index (Phi) is 4.90. The Hall–Kier alpha value is -0.830. The summed E-state index contributed by atoms with van der Waals surface area (Å²) < 4.78 is 6.31. The van der Waals surface area contributed by atoms with Gasteiger partial charge in [-0.2, -0.15) is 0 Å². The van der Waals surface area contributed by atoms with E-state index in [1.165, 1.54) is 5.56 Å². The summed E-state index contributed by atoms with van der Waals surface area (Å²) in [5, 5.41) is 0. The SMILES string of the molecule is COc1ccc(CC[C@@H]2CC(=O)CCC2(C)C)c(Br)c1. The van der Waals surface area contributed by atoms with Gasteiger partial charge in [0.1, 0.15) is 11.5 Å². The highest BCUT2D eigenvalue weighted by Gasteiger charge is 2.35. The molecule has 0 radical (unpaired) electrons. The summed E-state index contributed by atoms with van der Waals surface area (Å²) in [6.07, 6.45) is 4.62. The highest BCUT2D eigenvalue weighted by atomic mass is 79.9. The van der Waals surface area contributed by atoms with Crippen molar-refractivity contribution in [2.24, 2.45) is 11.3 Å². The number of ether oxygens (including phenoxy) is 1. The number of aryl methyl sites for hydroxylation is 1. The molecule has 0 aliphatic heterocycles. The fraction of sp³-hybridized carbons (Fsp3) is 0.588. The lowest BCUT2D eigenvalue weighted by Crippen LogP contribution is -2.32. The second-order valence-corrected chi connectivity index (χ2v) is 7.28. The van der Waals surface area contributed by atoms with Crippen LogP contribution >= 0.6 is 15.9 Å². The predicted molar refractivity (Wildman–Crippen MR) is 85.1 cm³/mol. The maximum Gasteiger partial charge on any atom is 0.133 e. The van der Waals surface area contributed by atoms with Crippen molar-refractivity contribution in [3.63, 3.8) is 0 Å². The van der Waals surface area contributed by atoms with Gasteiger partial charge in [0.2, 0.25) is 0 Å². The molecule has 1 aromatic rings. The van der Waals surface area contributed by atoms with Crippen LogP contribution in [0.2, 0.25) is 0 Å². The zero-order valence-electron chi connectivity index (χ0n) is 12.5. The molecule has 0 heterocycles. The van der Waals surface area contributed by atoms with Crippen LogP contribution in [0.1, 0.15) is 45.1 Å². The Balaban J connectivity index is 2.02. The van der Waals surface area contributed by atoms with Gasteiger partial charge in [-0.25, -0.2) is 0 Å². The van der Waals surface area contributed by atoms with Crippen LogP contribution in [0.25, 0.3) is 0 Å². The molecule has 0 spiro atoms. The molecule has 1 fully saturated rings. The summed E-state index contributed by atoms with van der Waals surface area (Å²) in [4.78, 5) is 11.7. The molecule has 2 rings (SSSR count). The predicted octanol–water partition coefficient (Wildman–Crippen LogP) is 4.79. The molecule has 3 heteroatoms. The van der Waals surface area contributed by atoms with E-state index in [0.717, 1.165) is 42.3 Å². The van der Waals surface area contributed by atoms with Gasteiger partial charge in [-0.05, 0) is 48.3 Å². The van der Waals surface area contributed by atoms with Gasteiger partial charge >= 0.3 is 0 Å². The van der Waals surface area contributed by atoms with Gasteiger partial charge in [0, 0.05) is 17.3 Å². The van der Waals surface area contributed by atoms with Crippen LogP contribution in [0.5, 0.6) is 5.75 Å². The first kappa shape index (κ1) is 15.6. The van der Waals surface area contributed by atoms with E-state index < -0.39 is 0 Å². The van der Waals surface area contributed by atoms with E-state index in [4.69, 9.17) is 4.74 Å². The maximum atomic E-state index is 11.7. The summed E-state index contributed by atoms with van der Waals surface area (Å²) in [5.41, 5.74) is 1.58. The Labute approximate surface area is 130 Å². The molecule has 0 saturated heterocycles. The van der Waals surface area contributed by atoms with Crippen LogP contribution < -0.4 is 4.74 Å². The Morgan fingerprint density at radius 2 is 2.15 bits per heavy atom. The van der Waals surface area contributed by atoms with Gasteiger partial charge < -0.3 is 4.74 Å². The minimum atomic E-state index is 0.285. The fourth-order valence-corrected chi connectivity index (χ4v) is 3.56. The van der Waals surface area contributed by atoms with Gasteiger partial charge in [0.15, 0.2) is 0 Å². The van der Waals surface area contributed by atoms with Crippen molar-refractivity contribution in [2.45, 2.75) is 46.0 Å². The molecule has 1 saturated carbocycles. The van der Waals surface area contributed by atoms with Crippen molar-refractivity contribution in [1.29, 1.82) is 0 Å². The van der Waals surface area contributed by atoms with Gasteiger partial charge in [-0.3, -0.25) is 4.79 Å². The van der Waals surface area contributed by atoms with Crippen LogP contribution in [0, 0.1) is 11.3 Å². The lowest BCUT2D eigenvalue weighted by molar-refractivity contribution is -0.124. The average molecular weight is 339 g/mol. The first-order valence-corrected chi connectivity index (χ1v) is 8.06. The van der Waals surface area contributed by atoms with E-state index >= 15 is 0 Å². The molecule has 0 unspecified atom stereocenters. The zero-order chi connectivity index (χ0) is 14.8. The summed E-state index contributed by atoms with van der Waals surface area (Å²) in [6, 6.07) is 6.12. The normalized spacial score (nSPS) is 21.8. The van der Waals surface area contributed by atoms with Gasteiger partial charge in [-0.1, -0.05) is 35.8 Å². The fourth-order valence-electron chi connectivity index (χ4n) is 3.00. The third-order valence-electron chi connectivity index (χ3n) is 4.65. The molecular weight excluding hydrogens is 316 g/mol. The molecular formula is C17H23BrO2. The number of Topliss-reactive ketones (excluding diaryl/α,β-unsaturated/α-hetero) is 1. The third kappa shape index (κ3) is 3.63. The highest BCUT2D eigenvalue weighted by molar-refractivity contribution is 9.10. The molecule has 2 nitrogen and oxygen atoms in total. The Morgan fingerprint density at radius 1 is 1.40 bits per heavy atom. The molecule has 1 aromatic carbocycles. The number of rotatable bonds is 4. The van der Waals surface area contributed by atoms with E-state index in [1.807, 2.05) is 12.1 Å². The van der Waals surface area contributed by atoms with Crippen molar-refractivity contribution in [1.82, 2.24) is 0 Å². The number of methoxy groups -OCH3 is 1. The largest absolute Gasteiger partial charge is 0.497 e. The van der Waals surface area contributed by atoms with Crippen LogP contribution in [-0.4, -0.2) is 12.9 Å². The first-order valence-electron chi connectivity index (χ1n) is 7.26. The van der Waals surface area contributed by atoms with Crippen LogP contribution in [0.4, 0.5) is 0 Å². The summed E-state index contributed by atoms with van der Waals surface area (Å²) in [6.45, 7) is 4.60. The first-order chi connectivity index (χ1) is 9.42. The second-order valence-electron chi connectivity index (χ2n) is 6.42. The van der Waals surface area contributed by atoms with Crippen molar-refractivity contribution < 1.29 is 9.53 Å². The van der Waals surface area contributed by atoms with Crippen LogP contribution in [0.15, 0.2) is 22.7 Å². The number of benzene rings is 1. The molecule has 0 N–H and O–H groups in total. The number of hydrogen-bond donors (Lipinski definition) is 0. The molecule has 1 aliphatic carbocycles. The number of carbonyl (C=O) groups is 1. The average Bonchev–Trinajstić information content (AvgIpc) is 2.41. The molecule has 1 aliphatic rings. The van der Waals surface area contributed by atoms with Gasteiger partial charge in [0.05, 0.1) is 7.11 Å². The standard InChI is InChI=1S/C17H23BrO2/c1-17(2)9-8-14(19)10-13(17)6-4-12-5-7-15(20-3)11-16(12)18/h5,7,11,13H,4,6,8-10H2,1-3H3/t13-/m1/s1. The quantitative estimate of drug-likeness (QED) is 0.789. The third-order valence-corrected chi connectivity index (χ3v) is 5.39. The van der Waals surface area contributed by atoms with Crippen LogP contribution in [-0.2, 0) is 11.2 Å². The van der Waals surface area contributed by atoms with Crippen molar-refractivity contribution >= 4 is 21.7 Å². The van der Waals surface area contributed by atoms with Gasteiger partial charge in [-0.15, -0.1) is 0 Å². The van der Waals surface area contributed by atoms with E-state index in [0.29, 0.717) is 11.7 Å². The van der Waals surface area contributed by atoms with Crippen molar-refractivity contribution in [3.8, 4) is 5.75 Å². The lowest BCUT2D eigenvalue weighted by atomic mass is 9.66. The molecule has 110 valence electrons. The highest BCUT2D eigenvalue weighted by Crippen LogP contribution is 2.41. The molecule has 0 bridgehead atoms. The molecule has 0 amide bonds. The summed E-state index contributed by atoms with van der Waals surface area (Å²) in [7, 11) is 1.68. The Bertz CT molecular complexity index is 494. The van der Waals surface area contributed by atoms with E-state index in [-0.39, 0.29) is 5.41 Å². The number of hydrogen-bond acceptors (Lipinski definition) is 2. The smallest absolute Gasteiger partial charge is 0.133 e. The van der Waals surface area contributed by atoms with Crippen molar-refractivity contribution in [3.05, 3.63) is 28.2 Å². The van der Waals surface area contributed by atoms with E-state index in [9.17, 15) is 4.79 Å². The minimum Gasteiger partial charge on any atom is -0.497 e. The second kappa shape index (κ2) is 6.30. The summed E-state index contributed by atoms with van der Waals surface area (Å²) >= 11 is 3.61. The van der Waals surface area contributed by atoms with Crippen molar-refractivity contribution in [2.75, 3.05) is 7.11 Å². The number of carbonyl (C=O) groups excluding carboxylic acids is 1. The van der Waals surface area contributed by atoms with Crippen LogP contribution in [0.3, 0.4) is 0 Å². The topological polar surface area (TPSA) is 26.3 Å². The van der Waals surface area contributed by atoms with E-state index in [2.05, 4.69) is 35.8 Å². The lowest BCUT2D eigenvalue weighted by Gasteiger charge is -2.38. The molecule has 0 aromatic heterocycles. The van der Waals surface area contributed by atoms with E-state index in [1.54, 1.807) is 7.11 Å². The Morgan fingerprint density at radius 3 is 2.80 bits per heavy atom.